The number of carbonyl (C=O) groups is 1. The predicted molar refractivity (Wildman–Crippen MR) is 61.2 cm³/mol. The van der Waals surface area contributed by atoms with Gasteiger partial charge in [0, 0.05) is 6.08 Å². The summed E-state index contributed by atoms with van der Waals surface area (Å²) in [6, 6.07) is 9.89. The van der Waals surface area contributed by atoms with Crippen LogP contribution in [-0.2, 0) is 9.53 Å². The van der Waals surface area contributed by atoms with Gasteiger partial charge in [0.25, 0.3) is 0 Å². The highest BCUT2D eigenvalue weighted by molar-refractivity contribution is 5.82. The predicted octanol–water partition coefficient (Wildman–Crippen LogP) is 2.82. The molecule has 1 aromatic carbocycles. The van der Waals surface area contributed by atoms with Crippen molar-refractivity contribution >= 4 is 12.0 Å². The van der Waals surface area contributed by atoms with E-state index in [1.807, 2.05) is 42.5 Å². The van der Waals surface area contributed by atoms with Gasteiger partial charge in [-0.25, -0.2) is 4.79 Å². The third-order valence-electron chi connectivity index (χ3n) is 1.72. The van der Waals surface area contributed by atoms with Gasteiger partial charge >= 0.3 is 5.97 Å². The van der Waals surface area contributed by atoms with Gasteiger partial charge in [-0.05, 0) is 12.5 Å². The lowest BCUT2D eigenvalue weighted by Gasteiger charge is -1.92. The zero-order chi connectivity index (χ0) is 10.9. The van der Waals surface area contributed by atoms with Crippen LogP contribution in [0.2, 0.25) is 0 Å². The molecule has 1 rings (SSSR count). The smallest absolute Gasteiger partial charge is 0.330 e. The van der Waals surface area contributed by atoms with Crippen molar-refractivity contribution in [2.24, 2.45) is 0 Å². The molecule has 1 aromatic rings. The van der Waals surface area contributed by atoms with Crippen molar-refractivity contribution < 1.29 is 9.53 Å². The molecule has 15 heavy (non-hydrogen) atoms. The minimum atomic E-state index is -0.310. The Hall–Kier alpha value is -1.83. The van der Waals surface area contributed by atoms with E-state index in [0.717, 1.165) is 5.56 Å². The van der Waals surface area contributed by atoms with Gasteiger partial charge in [0.2, 0.25) is 0 Å². The summed E-state index contributed by atoms with van der Waals surface area (Å²) in [6.07, 6.45) is 6.82. The summed E-state index contributed by atoms with van der Waals surface area (Å²) in [5.41, 5.74) is 1.10. The molecular weight excluding hydrogens is 188 g/mol. The molecular formula is C13H14O2. The van der Waals surface area contributed by atoms with Crippen LogP contribution >= 0.6 is 0 Å². The van der Waals surface area contributed by atoms with Crippen LogP contribution in [0.15, 0.2) is 48.6 Å². The van der Waals surface area contributed by atoms with Gasteiger partial charge in [0.15, 0.2) is 0 Å². The maximum absolute atomic E-state index is 10.9. The monoisotopic (exact) mass is 202 g/mol. The third kappa shape index (κ3) is 4.81. The summed E-state index contributed by atoms with van der Waals surface area (Å²) in [4.78, 5) is 10.9. The number of hydrogen-bond acceptors (Lipinski definition) is 2. The van der Waals surface area contributed by atoms with Crippen LogP contribution in [0.4, 0.5) is 0 Å². The van der Waals surface area contributed by atoms with Gasteiger partial charge < -0.3 is 4.74 Å². The van der Waals surface area contributed by atoms with E-state index in [9.17, 15) is 4.79 Å². The van der Waals surface area contributed by atoms with Gasteiger partial charge in [0.05, 0.1) is 6.61 Å². The van der Waals surface area contributed by atoms with E-state index in [1.165, 1.54) is 6.08 Å². The van der Waals surface area contributed by atoms with Crippen LogP contribution < -0.4 is 0 Å². The number of rotatable bonds is 4. The molecule has 0 fully saturated rings. The van der Waals surface area contributed by atoms with Gasteiger partial charge in [-0.15, -0.1) is 0 Å². The highest BCUT2D eigenvalue weighted by atomic mass is 16.5. The molecule has 0 spiro atoms. The lowest BCUT2D eigenvalue weighted by Crippen LogP contribution is -1.98. The molecule has 0 N–H and O–H groups in total. The van der Waals surface area contributed by atoms with E-state index >= 15 is 0 Å². The Kier molecular flexibility index (Phi) is 4.95. The topological polar surface area (TPSA) is 26.3 Å². The average molecular weight is 202 g/mol. The maximum Gasteiger partial charge on any atom is 0.330 e. The van der Waals surface area contributed by atoms with Crippen LogP contribution in [0.1, 0.15) is 12.5 Å². The first-order valence-electron chi connectivity index (χ1n) is 4.89. The van der Waals surface area contributed by atoms with Crippen molar-refractivity contribution in [3.05, 3.63) is 54.1 Å². The maximum atomic E-state index is 10.9. The molecule has 78 valence electrons. The van der Waals surface area contributed by atoms with Crippen molar-refractivity contribution in [3.8, 4) is 0 Å². The Morgan fingerprint density at radius 1 is 1.27 bits per heavy atom. The minimum Gasteiger partial charge on any atom is -0.463 e. The van der Waals surface area contributed by atoms with Gasteiger partial charge in [-0.3, -0.25) is 0 Å². The molecule has 0 amide bonds. The van der Waals surface area contributed by atoms with Crippen molar-refractivity contribution in [1.82, 2.24) is 0 Å². The summed E-state index contributed by atoms with van der Waals surface area (Å²) in [6.45, 7) is 2.19. The first-order valence-corrected chi connectivity index (χ1v) is 4.89. The fourth-order valence-corrected chi connectivity index (χ4v) is 1.06. The fourth-order valence-electron chi connectivity index (χ4n) is 1.06. The highest BCUT2D eigenvalue weighted by Crippen LogP contribution is 2.00. The van der Waals surface area contributed by atoms with Crippen molar-refractivity contribution in [3.63, 3.8) is 0 Å². The van der Waals surface area contributed by atoms with Crippen LogP contribution in [-0.4, -0.2) is 12.6 Å². The summed E-state index contributed by atoms with van der Waals surface area (Å²) in [7, 11) is 0. The van der Waals surface area contributed by atoms with Gasteiger partial charge in [0.1, 0.15) is 0 Å². The molecule has 2 nitrogen and oxygen atoms in total. The van der Waals surface area contributed by atoms with E-state index in [2.05, 4.69) is 0 Å². The van der Waals surface area contributed by atoms with Crippen LogP contribution in [0.3, 0.4) is 0 Å². The molecule has 0 aliphatic heterocycles. The van der Waals surface area contributed by atoms with Crippen molar-refractivity contribution in [2.45, 2.75) is 6.92 Å². The number of hydrogen-bond donors (Lipinski definition) is 0. The number of benzene rings is 1. The molecule has 0 heterocycles. The fraction of sp³-hybridized carbons (Fsp3) is 0.154. The SMILES string of the molecule is CCOC(=O)/C=C\C=C\c1ccccc1. The quantitative estimate of drug-likeness (QED) is 0.426. The largest absolute Gasteiger partial charge is 0.463 e. The molecule has 0 atom stereocenters. The van der Waals surface area contributed by atoms with Crippen LogP contribution in [0, 0.1) is 0 Å². The second kappa shape index (κ2) is 6.60. The number of ether oxygens (including phenoxy) is 1. The van der Waals surface area contributed by atoms with E-state index in [1.54, 1.807) is 13.0 Å². The Morgan fingerprint density at radius 2 is 2.00 bits per heavy atom. The number of allylic oxidation sites excluding steroid dienone is 2. The highest BCUT2D eigenvalue weighted by Gasteiger charge is 1.89. The van der Waals surface area contributed by atoms with E-state index in [4.69, 9.17) is 4.74 Å². The van der Waals surface area contributed by atoms with Gasteiger partial charge in [-0.1, -0.05) is 48.6 Å². The molecule has 0 unspecified atom stereocenters. The van der Waals surface area contributed by atoms with Crippen LogP contribution in [0.5, 0.6) is 0 Å². The Morgan fingerprint density at radius 3 is 2.67 bits per heavy atom. The standard InChI is InChI=1S/C13H14O2/c1-2-15-13(14)11-7-6-10-12-8-4-3-5-9-12/h3-11H,2H2,1H3/b10-6+,11-7-. The average Bonchev–Trinajstić information content (AvgIpc) is 2.26. The molecule has 0 aliphatic carbocycles. The Balaban J connectivity index is 2.43. The summed E-state index contributed by atoms with van der Waals surface area (Å²) in [5, 5.41) is 0. The lowest BCUT2D eigenvalue weighted by molar-refractivity contribution is -0.137. The van der Waals surface area contributed by atoms with E-state index < -0.39 is 0 Å². The van der Waals surface area contributed by atoms with E-state index in [-0.39, 0.29) is 5.97 Å². The second-order valence-electron chi connectivity index (χ2n) is 2.88. The van der Waals surface area contributed by atoms with Crippen molar-refractivity contribution in [1.29, 1.82) is 0 Å². The molecule has 0 radical (unpaired) electrons. The molecule has 0 aromatic heterocycles. The third-order valence-corrected chi connectivity index (χ3v) is 1.72. The first-order chi connectivity index (χ1) is 7.33. The van der Waals surface area contributed by atoms with Crippen molar-refractivity contribution in [2.75, 3.05) is 6.61 Å². The zero-order valence-corrected chi connectivity index (χ0v) is 8.72. The molecule has 0 saturated carbocycles. The Labute approximate surface area is 89.9 Å². The Bertz CT molecular complexity index is 350. The van der Waals surface area contributed by atoms with E-state index in [0.29, 0.717) is 6.61 Å². The zero-order valence-electron chi connectivity index (χ0n) is 8.72. The molecule has 0 aliphatic rings. The summed E-state index contributed by atoms with van der Waals surface area (Å²) < 4.78 is 4.73. The minimum absolute atomic E-state index is 0.310. The summed E-state index contributed by atoms with van der Waals surface area (Å²) in [5.74, 6) is -0.310. The number of carbonyl (C=O) groups excluding carboxylic acids is 1. The number of esters is 1. The first kappa shape index (κ1) is 11.2. The normalized spacial score (nSPS) is 11.0. The lowest BCUT2D eigenvalue weighted by atomic mass is 10.2. The summed E-state index contributed by atoms with van der Waals surface area (Å²) >= 11 is 0. The second-order valence-corrected chi connectivity index (χ2v) is 2.88. The van der Waals surface area contributed by atoms with Crippen LogP contribution in [0.25, 0.3) is 6.08 Å². The van der Waals surface area contributed by atoms with Gasteiger partial charge in [-0.2, -0.15) is 0 Å². The molecule has 0 saturated heterocycles. The molecule has 2 heteroatoms. The molecule has 0 bridgehead atoms.